The van der Waals surface area contributed by atoms with Gasteiger partial charge in [-0.1, -0.05) is 45.1 Å². The van der Waals surface area contributed by atoms with Crippen molar-refractivity contribution in [3.63, 3.8) is 0 Å². The quantitative estimate of drug-likeness (QED) is 0.767. The molecule has 24 heavy (non-hydrogen) atoms. The van der Waals surface area contributed by atoms with E-state index in [0.717, 1.165) is 12.0 Å². The highest BCUT2D eigenvalue weighted by Crippen LogP contribution is 2.56. The van der Waals surface area contributed by atoms with Crippen molar-refractivity contribution in [2.45, 2.75) is 82.6 Å². The van der Waals surface area contributed by atoms with Gasteiger partial charge in [0.25, 0.3) is 0 Å². The maximum atomic E-state index is 10.1. The van der Waals surface area contributed by atoms with Crippen LogP contribution in [0.3, 0.4) is 0 Å². The van der Waals surface area contributed by atoms with E-state index in [1.165, 1.54) is 88.4 Å². The Hall–Kier alpha value is -1.02. The second-order valence-electron chi connectivity index (χ2n) is 8.47. The number of rotatable bonds is 5. The summed E-state index contributed by atoms with van der Waals surface area (Å²) in [5.74, 6) is 1.29. The van der Waals surface area contributed by atoms with E-state index in [1.807, 2.05) is 6.07 Å². The van der Waals surface area contributed by atoms with E-state index in [9.17, 15) is 5.11 Å². The number of benzene rings is 1. The Balaban J connectivity index is 1.61. The van der Waals surface area contributed by atoms with Gasteiger partial charge in [-0.15, -0.1) is 0 Å². The molecule has 1 aromatic rings. The SMILES string of the molecule is CCCCCCN1CC[C@]23CCCC[C@H]2[C@H]1Cc1ccc(O)cc13. The van der Waals surface area contributed by atoms with E-state index in [2.05, 4.69) is 24.0 Å². The minimum atomic E-state index is 0.370. The molecule has 1 heterocycles. The third-order valence-corrected chi connectivity index (χ3v) is 7.23. The van der Waals surface area contributed by atoms with Crippen LogP contribution in [0.5, 0.6) is 5.75 Å². The predicted molar refractivity (Wildman–Crippen MR) is 99.6 cm³/mol. The first-order valence-electron chi connectivity index (χ1n) is 10.3. The molecule has 2 aliphatic carbocycles. The summed E-state index contributed by atoms with van der Waals surface area (Å²) in [7, 11) is 0. The fourth-order valence-electron chi connectivity index (χ4n) is 6.09. The van der Waals surface area contributed by atoms with Gasteiger partial charge < -0.3 is 5.11 Å². The third kappa shape index (κ3) is 2.67. The third-order valence-electron chi connectivity index (χ3n) is 7.23. The van der Waals surface area contributed by atoms with E-state index in [0.29, 0.717) is 11.2 Å². The molecule has 1 saturated heterocycles. The van der Waals surface area contributed by atoms with Crippen molar-refractivity contribution in [2.75, 3.05) is 13.1 Å². The van der Waals surface area contributed by atoms with E-state index in [-0.39, 0.29) is 0 Å². The van der Waals surface area contributed by atoms with Crippen LogP contribution in [0, 0.1) is 5.92 Å². The van der Waals surface area contributed by atoms with Gasteiger partial charge in [-0.3, -0.25) is 4.90 Å². The smallest absolute Gasteiger partial charge is 0.115 e. The normalized spacial score (nSPS) is 32.2. The monoisotopic (exact) mass is 327 g/mol. The Kier molecular flexibility index (Phi) is 4.60. The minimum Gasteiger partial charge on any atom is -0.508 e. The van der Waals surface area contributed by atoms with E-state index >= 15 is 0 Å². The second kappa shape index (κ2) is 6.71. The van der Waals surface area contributed by atoms with Crippen LogP contribution in [0.4, 0.5) is 0 Å². The molecule has 0 aromatic heterocycles. The van der Waals surface area contributed by atoms with Gasteiger partial charge in [-0.2, -0.15) is 0 Å². The number of piperidine rings is 1. The number of unbranched alkanes of at least 4 members (excludes halogenated alkanes) is 3. The zero-order valence-electron chi connectivity index (χ0n) is 15.3. The summed E-state index contributed by atoms with van der Waals surface area (Å²) in [5, 5.41) is 10.1. The Morgan fingerprint density at radius 1 is 1.17 bits per heavy atom. The van der Waals surface area contributed by atoms with Crippen molar-refractivity contribution in [2.24, 2.45) is 5.92 Å². The minimum absolute atomic E-state index is 0.370. The van der Waals surface area contributed by atoms with Gasteiger partial charge in [0.05, 0.1) is 0 Å². The molecular formula is C22H33NO. The van der Waals surface area contributed by atoms with Crippen molar-refractivity contribution >= 4 is 0 Å². The first-order chi connectivity index (χ1) is 11.7. The first-order valence-corrected chi connectivity index (χ1v) is 10.3. The standard InChI is InChI=1S/C22H33NO/c1-2-3-4-7-13-23-14-12-22-11-6-5-8-19(22)21(23)15-17-9-10-18(24)16-20(17)22/h9-10,16,19,21,24H,2-8,11-15H2,1H3/t19-,21+,22+/m0/s1. The molecule has 0 unspecified atom stereocenters. The molecule has 1 aromatic carbocycles. The molecule has 4 rings (SSSR count). The molecule has 0 spiro atoms. The first kappa shape index (κ1) is 16.4. The van der Waals surface area contributed by atoms with Gasteiger partial charge in [-0.05, 0) is 74.4 Å². The molecule has 132 valence electrons. The number of nitrogens with zero attached hydrogens (tertiary/aromatic N) is 1. The number of hydrogen-bond donors (Lipinski definition) is 1. The Bertz CT molecular complexity index is 583. The topological polar surface area (TPSA) is 23.5 Å². The molecule has 1 N–H and O–H groups in total. The van der Waals surface area contributed by atoms with Gasteiger partial charge in [0, 0.05) is 11.5 Å². The average Bonchev–Trinajstić information content (AvgIpc) is 2.61. The zero-order valence-corrected chi connectivity index (χ0v) is 15.3. The van der Waals surface area contributed by atoms with Crippen molar-refractivity contribution in [1.82, 2.24) is 4.90 Å². The lowest BCUT2D eigenvalue weighted by Crippen LogP contribution is -2.60. The predicted octanol–water partition coefficient (Wildman–Crippen LogP) is 5.03. The summed E-state index contributed by atoms with van der Waals surface area (Å²) in [6, 6.07) is 6.98. The Morgan fingerprint density at radius 3 is 2.96 bits per heavy atom. The molecule has 2 heteroatoms. The Labute approximate surface area is 147 Å². The number of hydrogen-bond acceptors (Lipinski definition) is 2. The molecule has 2 fully saturated rings. The number of phenolic OH excluding ortho intramolecular Hbond substituents is 1. The van der Waals surface area contributed by atoms with Gasteiger partial charge in [0.2, 0.25) is 0 Å². The summed E-state index contributed by atoms with van der Waals surface area (Å²) in [4.78, 5) is 2.83. The van der Waals surface area contributed by atoms with Crippen molar-refractivity contribution in [1.29, 1.82) is 0 Å². The lowest BCUT2D eigenvalue weighted by atomic mass is 9.52. The summed E-state index contributed by atoms with van der Waals surface area (Å²) >= 11 is 0. The second-order valence-corrected chi connectivity index (χ2v) is 8.47. The average molecular weight is 328 g/mol. The number of phenols is 1. The lowest BCUT2D eigenvalue weighted by molar-refractivity contribution is -0.0120. The van der Waals surface area contributed by atoms with E-state index in [1.54, 1.807) is 0 Å². The van der Waals surface area contributed by atoms with Crippen LogP contribution in [0.25, 0.3) is 0 Å². The van der Waals surface area contributed by atoms with Gasteiger partial charge in [-0.25, -0.2) is 0 Å². The van der Waals surface area contributed by atoms with Crippen molar-refractivity contribution in [3.05, 3.63) is 29.3 Å². The molecule has 3 aliphatic rings. The molecular weight excluding hydrogens is 294 g/mol. The van der Waals surface area contributed by atoms with Gasteiger partial charge >= 0.3 is 0 Å². The summed E-state index contributed by atoms with van der Waals surface area (Å²) < 4.78 is 0. The summed E-state index contributed by atoms with van der Waals surface area (Å²) in [6.07, 6.45) is 13.5. The van der Waals surface area contributed by atoms with Gasteiger partial charge in [0.1, 0.15) is 5.75 Å². The fourth-order valence-corrected chi connectivity index (χ4v) is 6.09. The van der Waals surface area contributed by atoms with Gasteiger partial charge in [0.15, 0.2) is 0 Å². The number of likely N-dealkylation sites (tertiary alicyclic amines) is 1. The highest BCUT2D eigenvalue weighted by atomic mass is 16.3. The lowest BCUT2D eigenvalue weighted by Gasteiger charge is -2.59. The molecule has 1 saturated carbocycles. The van der Waals surface area contributed by atoms with E-state index < -0.39 is 0 Å². The zero-order chi connectivity index (χ0) is 16.6. The molecule has 2 nitrogen and oxygen atoms in total. The van der Waals surface area contributed by atoms with Crippen molar-refractivity contribution in [3.8, 4) is 5.75 Å². The van der Waals surface area contributed by atoms with Crippen LogP contribution in [0.2, 0.25) is 0 Å². The molecule has 0 amide bonds. The van der Waals surface area contributed by atoms with Crippen LogP contribution >= 0.6 is 0 Å². The van der Waals surface area contributed by atoms with Crippen LogP contribution in [0.1, 0.15) is 75.8 Å². The summed E-state index contributed by atoms with van der Waals surface area (Å²) in [6.45, 7) is 4.86. The molecule has 0 radical (unpaired) electrons. The van der Waals surface area contributed by atoms with Crippen LogP contribution in [-0.2, 0) is 11.8 Å². The molecule has 1 aliphatic heterocycles. The fraction of sp³-hybridized carbons (Fsp3) is 0.727. The highest BCUT2D eigenvalue weighted by molar-refractivity contribution is 5.45. The van der Waals surface area contributed by atoms with Crippen LogP contribution in [-0.4, -0.2) is 29.1 Å². The molecule has 3 atom stereocenters. The summed E-state index contributed by atoms with van der Waals surface area (Å²) in [5.41, 5.74) is 3.40. The largest absolute Gasteiger partial charge is 0.508 e. The van der Waals surface area contributed by atoms with Crippen molar-refractivity contribution < 1.29 is 5.11 Å². The highest BCUT2D eigenvalue weighted by Gasteiger charge is 2.53. The van der Waals surface area contributed by atoms with Crippen LogP contribution < -0.4 is 0 Å². The number of fused-ring (bicyclic) bond motifs is 1. The molecule has 2 bridgehead atoms. The maximum absolute atomic E-state index is 10.1. The Morgan fingerprint density at radius 2 is 2.08 bits per heavy atom. The van der Waals surface area contributed by atoms with Crippen LogP contribution in [0.15, 0.2) is 18.2 Å². The maximum Gasteiger partial charge on any atom is 0.115 e. The number of aromatic hydroxyl groups is 1. The van der Waals surface area contributed by atoms with E-state index in [4.69, 9.17) is 0 Å².